The maximum atomic E-state index is 11.1. The fraction of sp³-hybridized carbons (Fsp3) is 0.857. The molecule has 0 saturated carbocycles. The molecule has 11 heavy (non-hydrogen) atoms. The van der Waals surface area contributed by atoms with E-state index in [9.17, 15) is 4.79 Å². The quantitative estimate of drug-likeness (QED) is 0.544. The molecule has 0 unspecified atom stereocenters. The first kappa shape index (κ1) is 10.4. The van der Waals surface area contributed by atoms with E-state index in [0.717, 1.165) is 0 Å². The smallest absolute Gasteiger partial charge is 0.225 e. The minimum Gasteiger partial charge on any atom is -0.367 e. The Morgan fingerprint density at radius 3 is 2.18 bits per heavy atom. The summed E-state index contributed by atoms with van der Waals surface area (Å²) in [6.45, 7) is 3.50. The Morgan fingerprint density at radius 2 is 1.91 bits per heavy atom. The van der Waals surface area contributed by atoms with E-state index < -0.39 is 6.29 Å². The Hall–Kier alpha value is -0.610. The minimum absolute atomic E-state index is 0.0307. The summed E-state index contributed by atoms with van der Waals surface area (Å²) in [7, 11) is 1.54. The molecule has 4 nitrogen and oxygen atoms in total. The van der Waals surface area contributed by atoms with Gasteiger partial charge in [0.05, 0.1) is 6.54 Å². The third-order valence-electron chi connectivity index (χ3n) is 1.31. The molecule has 0 atom stereocenters. The molecule has 4 heteroatoms. The first-order valence-corrected chi connectivity index (χ1v) is 3.56. The number of carbonyl (C=O) groups is 1. The average molecular weight is 161 g/mol. The monoisotopic (exact) mass is 161 g/mol. The molecule has 0 spiro atoms. The summed E-state index contributed by atoms with van der Waals surface area (Å²) in [5, 5.41) is 17.0. The first-order valence-electron chi connectivity index (χ1n) is 3.56. The summed E-state index contributed by atoms with van der Waals surface area (Å²) in [4.78, 5) is 12.4. The summed E-state index contributed by atoms with van der Waals surface area (Å²) >= 11 is 0. The molecule has 0 radical (unpaired) electrons. The van der Waals surface area contributed by atoms with Crippen molar-refractivity contribution in [3.63, 3.8) is 0 Å². The van der Waals surface area contributed by atoms with E-state index in [1.165, 1.54) is 4.90 Å². The molecule has 0 aliphatic carbocycles. The molecule has 0 aromatic carbocycles. The Morgan fingerprint density at radius 1 is 1.45 bits per heavy atom. The van der Waals surface area contributed by atoms with Gasteiger partial charge < -0.3 is 15.1 Å². The molecular weight excluding hydrogens is 146 g/mol. The lowest BCUT2D eigenvalue weighted by molar-refractivity contribution is -0.138. The zero-order valence-electron chi connectivity index (χ0n) is 7.11. The number of carbonyl (C=O) groups excluding carboxylic acids is 1. The van der Waals surface area contributed by atoms with Crippen LogP contribution < -0.4 is 0 Å². The van der Waals surface area contributed by atoms with Crippen LogP contribution in [-0.2, 0) is 4.79 Å². The van der Waals surface area contributed by atoms with Crippen molar-refractivity contribution in [3.05, 3.63) is 0 Å². The number of amides is 1. The molecule has 2 N–H and O–H groups in total. The van der Waals surface area contributed by atoms with Crippen molar-refractivity contribution in [2.45, 2.75) is 20.1 Å². The third-order valence-corrected chi connectivity index (χ3v) is 1.31. The molecule has 0 aliphatic rings. The van der Waals surface area contributed by atoms with E-state index >= 15 is 0 Å². The lowest BCUT2D eigenvalue weighted by Gasteiger charge is -2.19. The normalized spacial score (nSPS) is 10.8. The van der Waals surface area contributed by atoms with Crippen LogP contribution >= 0.6 is 0 Å². The topological polar surface area (TPSA) is 60.8 Å². The Labute approximate surface area is 66.4 Å². The predicted octanol–water partition coefficient (Wildman–Crippen LogP) is -0.588. The fourth-order valence-corrected chi connectivity index (χ4v) is 0.776. The van der Waals surface area contributed by atoms with Crippen molar-refractivity contribution in [1.82, 2.24) is 4.90 Å². The predicted molar refractivity (Wildman–Crippen MR) is 40.7 cm³/mol. The highest BCUT2D eigenvalue weighted by molar-refractivity contribution is 5.77. The van der Waals surface area contributed by atoms with Crippen molar-refractivity contribution in [2.24, 2.45) is 5.92 Å². The molecule has 0 saturated heterocycles. The number of likely N-dealkylation sites (N-methyl/N-ethyl adjacent to an activating group) is 1. The van der Waals surface area contributed by atoms with Crippen LogP contribution in [0.3, 0.4) is 0 Å². The number of hydrogen-bond donors (Lipinski definition) is 2. The lowest BCUT2D eigenvalue weighted by atomic mass is 10.2. The second-order valence-corrected chi connectivity index (χ2v) is 2.85. The molecule has 0 aromatic rings. The van der Waals surface area contributed by atoms with E-state index in [1.54, 1.807) is 20.9 Å². The number of hydrogen-bond acceptors (Lipinski definition) is 3. The van der Waals surface area contributed by atoms with Gasteiger partial charge in [0.1, 0.15) is 0 Å². The van der Waals surface area contributed by atoms with Gasteiger partial charge >= 0.3 is 0 Å². The second-order valence-electron chi connectivity index (χ2n) is 2.85. The lowest BCUT2D eigenvalue weighted by Crippen LogP contribution is -2.36. The molecule has 0 aliphatic heterocycles. The van der Waals surface area contributed by atoms with Crippen LogP contribution in [0.5, 0.6) is 0 Å². The fourth-order valence-electron chi connectivity index (χ4n) is 0.776. The highest BCUT2D eigenvalue weighted by Crippen LogP contribution is 1.98. The van der Waals surface area contributed by atoms with Crippen LogP contribution in [-0.4, -0.2) is 40.9 Å². The van der Waals surface area contributed by atoms with Crippen LogP contribution in [0.15, 0.2) is 0 Å². The van der Waals surface area contributed by atoms with Gasteiger partial charge in [0.2, 0.25) is 5.91 Å². The average Bonchev–Trinajstić information content (AvgIpc) is 1.84. The van der Waals surface area contributed by atoms with Gasteiger partial charge in [-0.3, -0.25) is 4.79 Å². The van der Waals surface area contributed by atoms with Gasteiger partial charge in [0.25, 0.3) is 0 Å². The SMILES string of the molecule is CC(C)C(=O)N(C)CC(O)O. The van der Waals surface area contributed by atoms with Crippen LogP contribution in [0.2, 0.25) is 0 Å². The zero-order chi connectivity index (χ0) is 9.02. The molecule has 66 valence electrons. The number of rotatable bonds is 3. The van der Waals surface area contributed by atoms with E-state index in [2.05, 4.69) is 0 Å². The highest BCUT2D eigenvalue weighted by Gasteiger charge is 2.14. The van der Waals surface area contributed by atoms with Crippen molar-refractivity contribution >= 4 is 5.91 Å². The largest absolute Gasteiger partial charge is 0.367 e. The van der Waals surface area contributed by atoms with Gasteiger partial charge in [-0.2, -0.15) is 0 Å². The van der Waals surface area contributed by atoms with Gasteiger partial charge in [-0.25, -0.2) is 0 Å². The van der Waals surface area contributed by atoms with E-state index in [-0.39, 0.29) is 18.4 Å². The summed E-state index contributed by atoms with van der Waals surface area (Å²) in [5.74, 6) is -0.183. The van der Waals surface area contributed by atoms with Crippen LogP contribution in [0.4, 0.5) is 0 Å². The summed E-state index contributed by atoms with van der Waals surface area (Å²) in [6, 6.07) is 0. The maximum absolute atomic E-state index is 11.1. The number of nitrogens with zero attached hydrogens (tertiary/aromatic N) is 1. The van der Waals surface area contributed by atoms with E-state index in [1.807, 2.05) is 0 Å². The molecule has 0 rings (SSSR count). The first-order chi connectivity index (χ1) is 4.95. The summed E-state index contributed by atoms with van der Waals surface area (Å²) < 4.78 is 0. The van der Waals surface area contributed by atoms with Gasteiger partial charge in [-0.1, -0.05) is 13.8 Å². The van der Waals surface area contributed by atoms with Crippen LogP contribution in [0.25, 0.3) is 0 Å². The number of aliphatic hydroxyl groups excluding tert-OH is 1. The highest BCUT2D eigenvalue weighted by atomic mass is 16.5. The van der Waals surface area contributed by atoms with Crippen molar-refractivity contribution in [2.75, 3.05) is 13.6 Å². The number of aliphatic hydroxyl groups is 2. The maximum Gasteiger partial charge on any atom is 0.225 e. The van der Waals surface area contributed by atoms with Gasteiger partial charge in [0.15, 0.2) is 6.29 Å². The van der Waals surface area contributed by atoms with E-state index in [0.29, 0.717) is 0 Å². The Kier molecular flexibility index (Phi) is 4.07. The second kappa shape index (κ2) is 4.31. The minimum atomic E-state index is -1.44. The van der Waals surface area contributed by atoms with Crippen LogP contribution in [0, 0.1) is 5.92 Å². The van der Waals surface area contributed by atoms with Gasteiger partial charge in [-0.05, 0) is 0 Å². The molecule has 0 heterocycles. The summed E-state index contributed by atoms with van der Waals surface area (Å²) in [5.41, 5.74) is 0. The Balaban J connectivity index is 3.83. The summed E-state index contributed by atoms with van der Waals surface area (Å²) in [6.07, 6.45) is -1.44. The van der Waals surface area contributed by atoms with Gasteiger partial charge in [-0.15, -0.1) is 0 Å². The third kappa shape index (κ3) is 3.95. The Bertz CT molecular complexity index is 134. The zero-order valence-corrected chi connectivity index (χ0v) is 7.11. The van der Waals surface area contributed by atoms with E-state index in [4.69, 9.17) is 10.2 Å². The molecular formula is C7H15NO3. The van der Waals surface area contributed by atoms with Crippen molar-refractivity contribution in [3.8, 4) is 0 Å². The molecule has 0 bridgehead atoms. The standard InChI is InChI=1S/C7H15NO3/c1-5(2)7(11)8(3)4-6(9)10/h5-6,9-10H,4H2,1-3H3. The van der Waals surface area contributed by atoms with Crippen molar-refractivity contribution < 1.29 is 15.0 Å². The molecule has 0 fully saturated rings. The molecule has 1 amide bonds. The molecule has 0 aromatic heterocycles. The van der Waals surface area contributed by atoms with Crippen LogP contribution in [0.1, 0.15) is 13.8 Å². The van der Waals surface area contributed by atoms with Gasteiger partial charge in [0, 0.05) is 13.0 Å². The van der Waals surface area contributed by atoms with Crippen molar-refractivity contribution in [1.29, 1.82) is 0 Å².